The van der Waals surface area contributed by atoms with Crippen LogP contribution in [0.25, 0.3) is 0 Å². The van der Waals surface area contributed by atoms with Gasteiger partial charge in [0, 0.05) is 12.6 Å². The summed E-state index contributed by atoms with van der Waals surface area (Å²) in [7, 11) is 0. The molecule has 0 fully saturated rings. The van der Waals surface area contributed by atoms with E-state index in [1.807, 2.05) is 42.5 Å². The van der Waals surface area contributed by atoms with Gasteiger partial charge in [-0.3, -0.25) is 9.79 Å². The SMILES string of the molecule is CCOC(=O)CCC/C=C/CC(/N=C/c1ccccc1)C(=O)OCC. The summed E-state index contributed by atoms with van der Waals surface area (Å²) in [5.74, 6) is -0.501. The molecule has 0 aliphatic carbocycles. The predicted molar refractivity (Wildman–Crippen MR) is 98.7 cm³/mol. The first-order valence-electron chi connectivity index (χ1n) is 8.72. The predicted octanol–water partition coefficient (Wildman–Crippen LogP) is 3.72. The molecule has 0 saturated carbocycles. The fourth-order valence-electron chi connectivity index (χ4n) is 2.11. The lowest BCUT2D eigenvalue weighted by Gasteiger charge is -2.09. The fraction of sp³-hybridized carbons (Fsp3) is 0.450. The zero-order valence-corrected chi connectivity index (χ0v) is 15.0. The van der Waals surface area contributed by atoms with Crippen LogP contribution in [-0.4, -0.2) is 37.4 Å². The summed E-state index contributed by atoms with van der Waals surface area (Å²) in [6, 6.07) is 9.07. The number of aliphatic imine (C=N–C) groups is 1. The highest BCUT2D eigenvalue weighted by atomic mass is 16.5. The molecular formula is C20H27NO4. The molecular weight excluding hydrogens is 318 g/mol. The van der Waals surface area contributed by atoms with Crippen molar-refractivity contribution >= 4 is 18.2 Å². The second-order valence-corrected chi connectivity index (χ2v) is 5.36. The number of rotatable bonds is 11. The van der Waals surface area contributed by atoms with Crippen LogP contribution in [0.4, 0.5) is 0 Å². The maximum absolute atomic E-state index is 12.0. The highest BCUT2D eigenvalue weighted by Gasteiger charge is 2.16. The van der Waals surface area contributed by atoms with E-state index in [-0.39, 0.29) is 11.9 Å². The first kappa shape index (κ1) is 20.6. The Morgan fingerprint density at radius 2 is 1.80 bits per heavy atom. The van der Waals surface area contributed by atoms with E-state index in [1.165, 1.54) is 0 Å². The van der Waals surface area contributed by atoms with Gasteiger partial charge < -0.3 is 9.47 Å². The second-order valence-electron chi connectivity index (χ2n) is 5.36. The van der Waals surface area contributed by atoms with E-state index in [9.17, 15) is 9.59 Å². The van der Waals surface area contributed by atoms with E-state index in [0.29, 0.717) is 26.1 Å². The molecule has 0 amide bonds. The van der Waals surface area contributed by atoms with Crippen molar-refractivity contribution in [1.82, 2.24) is 0 Å². The van der Waals surface area contributed by atoms with Gasteiger partial charge in [-0.25, -0.2) is 4.79 Å². The molecule has 1 aromatic rings. The van der Waals surface area contributed by atoms with Gasteiger partial charge in [-0.2, -0.15) is 0 Å². The Balaban J connectivity index is 2.48. The topological polar surface area (TPSA) is 65.0 Å². The Morgan fingerprint density at radius 3 is 2.48 bits per heavy atom. The summed E-state index contributed by atoms with van der Waals surface area (Å²) in [5, 5.41) is 0. The van der Waals surface area contributed by atoms with Crippen LogP contribution in [0.2, 0.25) is 0 Å². The quantitative estimate of drug-likeness (QED) is 0.265. The third kappa shape index (κ3) is 9.45. The number of ether oxygens (including phenoxy) is 2. The Hall–Kier alpha value is -2.43. The molecule has 0 spiro atoms. The Kier molecular flexibility index (Phi) is 10.7. The lowest BCUT2D eigenvalue weighted by molar-refractivity contribution is -0.144. The van der Waals surface area contributed by atoms with Crippen LogP contribution in [0.5, 0.6) is 0 Å². The van der Waals surface area contributed by atoms with E-state index in [2.05, 4.69) is 4.99 Å². The van der Waals surface area contributed by atoms with Gasteiger partial charge in [0.2, 0.25) is 0 Å². The van der Waals surface area contributed by atoms with E-state index >= 15 is 0 Å². The van der Waals surface area contributed by atoms with Crippen molar-refractivity contribution < 1.29 is 19.1 Å². The number of nitrogens with zero attached hydrogens (tertiary/aromatic N) is 1. The van der Waals surface area contributed by atoms with E-state index in [1.54, 1.807) is 20.1 Å². The number of unbranched alkanes of at least 4 members (excludes halogenated alkanes) is 1. The van der Waals surface area contributed by atoms with Crippen molar-refractivity contribution in [2.75, 3.05) is 13.2 Å². The van der Waals surface area contributed by atoms with Gasteiger partial charge in [-0.1, -0.05) is 42.5 Å². The molecule has 0 bridgehead atoms. The van der Waals surface area contributed by atoms with Gasteiger partial charge in [-0.15, -0.1) is 0 Å². The van der Waals surface area contributed by atoms with Crippen molar-refractivity contribution in [3.05, 3.63) is 48.0 Å². The molecule has 1 aromatic carbocycles. The summed E-state index contributed by atoms with van der Waals surface area (Å²) in [6.07, 6.45) is 7.94. The fourth-order valence-corrected chi connectivity index (χ4v) is 2.11. The van der Waals surface area contributed by atoms with Crippen molar-refractivity contribution in [1.29, 1.82) is 0 Å². The number of hydrogen-bond donors (Lipinski definition) is 0. The maximum atomic E-state index is 12.0. The summed E-state index contributed by atoms with van der Waals surface area (Å²) >= 11 is 0. The lowest BCUT2D eigenvalue weighted by Crippen LogP contribution is -2.21. The van der Waals surface area contributed by atoms with Crippen molar-refractivity contribution in [3.63, 3.8) is 0 Å². The van der Waals surface area contributed by atoms with Gasteiger partial charge >= 0.3 is 11.9 Å². The van der Waals surface area contributed by atoms with Crippen LogP contribution < -0.4 is 0 Å². The zero-order chi connectivity index (χ0) is 18.3. The van der Waals surface area contributed by atoms with Gasteiger partial charge in [0.25, 0.3) is 0 Å². The average molecular weight is 345 g/mol. The minimum Gasteiger partial charge on any atom is -0.466 e. The molecule has 0 heterocycles. The minimum absolute atomic E-state index is 0.173. The maximum Gasteiger partial charge on any atom is 0.331 e. The van der Waals surface area contributed by atoms with Crippen LogP contribution in [-0.2, 0) is 19.1 Å². The number of esters is 2. The molecule has 5 nitrogen and oxygen atoms in total. The van der Waals surface area contributed by atoms with Crippen LogP contribution in [0, 0.1) is 0 Å². The van der Waals surface area contributed by atoms with Gasteiger partial charge in [-0.05, 0) is 38.7 Å². The second kappa shape index (κ2) is 12.9. The van der Waals surface area contributed by atoms with Crippen LogP contribution in [0.3, 0.4) is 0 Å². The Morgan fingerprint density at radius 1 is 1.08 bits per heavy atom. The van der Waals surface area contributed by atoms with Crippen molar-refractivity contribution in [2.45, 2.75) is 45.6 Å². The number of allylic oxidation sites excluding steroid dienone is 1. The third-order valence-corrected chi connectivity index (χ3v) is 3.34. The smallest absolute Gasteiger partial charge is 0.331 e. The highest BCUT2D eigenvalue weighted by Crippen LogP contribution is 2.06. The molecule has 0 N–H and O–H groups in total. The first-order chi connectivity index (χ1) is 12.2. The number of hydrogen-bond acceptors (Lipinski definition) is 5. The standard InChI is InChI=1S/C20H27NO4/c1-3-24-19(22)15-11-6-5-10-14-18(20(23)25-4-2)21-16-17-12-8-7-9-13-17/h5,7-10,12-13,16,18H,3-4,6,11,14-15H2,1-2H3/b10-5+,21-16+. The van der Waals surface area contributed by atoms with Crippen LogP contribution in [0.1, 0.15) is 45.1 Å². The largest absolute Gasteiger partial charge is 0.466 e. The Labute approximate surface area is 149 Å². The summed E-state index contributed by atoms with van der Waals surface area (Å²) in [5.41, 5.74) is 0.940. The molecule has 1 rings (SSSR count). The average Bonchev–Trinajstić information content (AvgIpc) is 2.61. The zero-order valence-electron chi connectivity index (χ0n) is 15.0. The van der Waals surface area contributed by atoms with Gasteiger partial charge in [0.1, 0.15) is 0 Å². The highest BCUT2D eigenvalue weighted by molar-refractivity contribution is 5.84. The monoisotopic (exact) mass is 345 g/mol. The lowest BCUT2D eigenvalue weighted by atomic mass is 10.1. The molecule has 0 saturated heterocycles. The van der Waals surface area contributed by atoms with Crippen molar-refractivity contribution in [3.8, 4) is 0 Å². The minimum atomic E-state index is -0.554. The third-order valence-electron chi connectivity index (χ3n) is 3.34. The normalized spacial score (nSPS) is 12.4. The first-order valence-corrected chi connectivity index (χ1v) is 8.72. The summed E-state index contributed by atoms with van der Waals surface area (Å²) in [6.45, 7) is 4.32. The van der Waals surface area contributed by atoms with Crippen molar-refractivity contribution in [2.24, 2.45) is 4.99 Å². The molecule has 1 atom stereocenters. The molecule has 136 valence electrons. The van der Waals surface area contributed by atoms with E-state index in [0.717, 1.165) is 18.4 Å². The summed E-state index contributed by atoms with van der Waals surface area (Å²) in [4.78, 5) is 27.6. The Bertz CT molecular complexity index is 566. The van der Waals surface area contributed by atoms with Gasteiger partial charge in [0.05, 0.1) is 13.2 Å². The number of carbonyl (C=O) groups is 2. The molecule has 1 unspecified atom stereocenters. The molecule has 5 heteroatoms. The molecule has 0 radical (unpaired) electrons. The van der Waals surface area contributed by atoms with Gasteiger partial charge in [0.15, 0.2) is 6.04 Å². The number of benzene rings is 1. The van der Waals surface area contributed by atoms with E-state index in [4.69, 9.17) is 9.47 Å². The molecule has 25 heavy (non-hydrogen) atoms. The van der Waals surface area contributed by atoms with Crippen LogP contribution in [0.15, 0.2) is 47.5 Å². The molecule has 0 aliphatic rings. The van der Waals surface area contributed by atoms with Crippen LogP contribution >= 0.6 is 0 Å². The molecule has 0 aromatic heterocycles. The summed E-state index contributed by atoms with van der Waals surface area (Å²) < 4.78 is 9.96. The number of carbonyl (C=O) groups excluding carboxylic acids is 2. The molecule has 0 aliphatic heterocycles. The van der Waals surface area contributed by atoms with E-state index < -0.39 is 6.04 Å².